The standard InChI is InChI=1S/C19H23F2N3O/c1-24-15(9-12-22-24)6-8-18(25)23-19(10-3-2-4-11-19)16-7-5-14(20)13-17(16)21/h5,7,9,12-13H,2-4,6,8,10-11H2,1H3,(H,23,25). The van der Waals surface area contributed by atoms with Crippen LogP contribution in [0.25, 0.3) is 0 Å². The number of nitrogens with zero attached hydrogens (tertiary/aromatic N) is 2. The molecular formula is C19H23F2N3O. The fraction of sp³-hybridized carbons (Fsp3) is 0.474. The van der Waals surface area contributed by atoms with Crippen LogP contribution in [-0.4, -0.2) is 15.7 Å². The summed E-state index contributed by atoms with van der Waals surface area (Å²) in [7, 11) is 1.84. The van der Waals surface area contributed by atoms with E-state index in [1.54, 1.807) is 10.9 Å². The van der Waals surface area contributed by atoms with Gasteiger partial charge in [-0.05, 0) is 31.4 Å². The predicted molar refractivity (Wildman–Crippen MR) is 90.8 cm³/mol. The highest BCUT2D eigenvalue weighted by Gasteiger charge is 2.37. The van der Waals surface area contributed by atoms with Crippen LogP contribution in [0.3, 0.4) is 0 Å². The second-order valence-corrected chi connectivity index (χ2v) is 6.76. The highest BCUT2D eigenvalue weighted by atomic mass is 19.1. The van der Waals surface area contributed by atoms with E-state index in [-0.39, 0.29) is 5.91 Å². The van der Waals surface area contributed by atoms with E-state index >= 15 is 0 Å². The van der Waals surface area contributed by atoms with Crippen LogP contribution in [0.2, 0.25) is 0 Å². The van der Waals surface area contributed by atoms with E-state index < -0.39 is 17.2 Å². The number of rotatable bonds is 5. The zero-order valence-electron chi connectivity index (χ0n) is 14.4. The Morgan fingerprint density at radius 2 is 2.00 bits per heavy atom. The van der Waals surface area contributed by atoms with E-state index in [2.05, 4.69) is 10.4 Å². The molecule has 25 heavy (non-hydrogen) atoms. The number of hydrogen-bond donors (Lipinski definition) is 1. The Bertz CT molecular complexity index is 751. The maximum Gasteiger partial charge on any atom is 0.221 e. The Kier molecular flexibility index (Phi) is 5.16. The summed E-state index contributed by atoms with van der Waals surface area (Å²) < 4.78 is 29.4. The molecule has 0 unspecified atom stereocenters. The Hall–Kier alpha value is -2.24. The first-order valence-electron chi connectivity index (χ1n) is 8.74. The summed E-state index contributed by atoms with van der Waals surface area (Å²) in [5.41, 5.74) is 0.628. The number of nitrogens with one attached hydrogen (secondary N) is 1. The molecule has 4 nitrogen and oxygen atoms in total. The number of hydrogen-bond acceptors (Lipinski definition) is 2. The lowest BCUT2D eigenvalue weighted by molar-refractivity contribution is -0.123. The van der Waals surface area contributed by atoms with Gasteiger partial charge in [0.15, 0.2) is 0 Å². The van der Waals surface area contributed by atoms with E-state index in [1.807, 2.05) is 13.1 Å². The minimum absolute atomic E-state index is 0.119. The molecule has 1 heterocycles. The third-order valence-electron chi connectivity index (χ3n) is 5.06. The van der Waals surface area contributed by atoms with Crippen LogP contribution in [0.1, 0.15) is 49.8 Å². The summed E-state index contributed by atoms with van der Waals surface area (Å²) in [5.74, 6) is -1.31. The molecule has 1 N–H and O–H groups in total. The lowest BCUT2D eigenvalue weighted by atomic mass is 9.76. The molecule has 0 radical (unpaired) electrons. The quantitative estimate of drug-likeness (QED) is 0.898. The van der Waals surface area contributed by atoms with E-state index in [4.69, 9.17) is 0 Å². The number of halogens is 2. The van der Waals surface area contributed by atoms with Crippen LogP contribution in [-0.2, 0) is 23.8 Å². The first-order valence-corrected chi connectivity index (χ1v) is 8.74. The average molecular weight is 347 g/mol. The van der Waals surface area contributed by atoms with E-state index in [0.717, 1.165) is 31.0 Å². The molecule has 134 valence electrons. The number of carbonyl (C=O) groups excluding carboxylic acids is 1. The normalized spacial score (nSPS) is 16.6. The van der Waals surface area contributed by atoms with E-state index in [0.29, 0.717) is 31.2 Å². The summed E-state index contributed by atoms with van der Waals surface area (Å²) in [6.07, 6.45) is 6.82. The smallest absolute Gasteiger partial charge is 0.221 e. The largest absolute Gasteiger partial charge is 0.346 e. The van der Waals surface area contributed by atoms with Gasteiger partial charge in [-0.15, -0.1) is 0 Å². The molecular weight excluding hydrogens is 324 g/mol. The molecule has 1 saturated carbocycles. The summed E-state index contributed by atoms with van der Waals surface area (Å²) >= 11 is 0. The third kappa shape index (κ3) is 3.89. The van der Waals surface area contributed by atoms with Crippen molar-refractivity contribution in [3.05, 3.63) is 53.4 Å². The maximum absolute atomic E-state index is 14.4. The van der Waals surface area contributed by atoms with Gasteiger partial charge in [0, 0.05) is 37.0 Å². The lowest BCUT2D eigenvalue weighted by Gasteiger charge is -2.39. The van der Waals surface area contributed by atoms with Crippen molar-refractivity contribution in [3.8, 4) is 0 Å². The van der Waals surface area contributed by atoms with Gasteiger partial charge in [0.2, 0.25) is 5.91 Å². The van der Waals surface area contributed by atoms with E-state index in [1.165, 1.54) is 12.1 Å². The summed E-state index contributed by atoms with van der Waals surface area (Å²) in [6.45, 7) is 0. The summed E-state index contributed by atoms with van der Waals surface area (Å²) in [4.78, 5) is 12.5. The number of benzene rings is 1. The zero-order valence-corrected chi connectivity index (χ0v) is 14.4. The number of aromatic nitrogens is 2. The SMILES string of the molecule is Cn1nccc1CCC(=O)NC1(c2ccc(F)cc2F)CCCCC1. The molecule has 1 aliphatic rings. The van der Waals surface area contributed by atoms with E-state index in [9.17, 15) is 13.6 Å². The molecule has 1 fully saturated rings. The van der Waals surface area contributed by atoms with Crippen LogP contribution >= 0.6 is 0 Å². The van der Waals surface area contributed by atoms with Gasteiger partial charge in [-0.25, -0.2) is 8.78 Å². The molecule has 2 aromatic rings. The molecule has 3 rings (SSSR count). The van der Waals surface area contributed by atoms with Gasteiger partial charge in [0.1, 0.15) is 11.6 Å². The Morgan fingerprint density at radius 1 is 1.24 bits per heavy atom. The molecule has 1 aromatic carbocycles. The molecule has 0 saturated heterocycles. The molecule has 0 bridgehead atoms. The monoisotopic (exact) mass is 347 g/mol. The average Bonchev–Trinajstić information content (AvgIpc) is 2.98. The van der Waals surface area contributed by atoms with Crippen molar-refractivity contribution in [2.75, 3.05) is 0 Å². The molecule has 6 heteroatoms. The van der Waals surface area contributed by atoms with Gasteiger partial charge in [-0.1, -0.05) is 25.3 Å². The fourth-order valence-corrected chi connectivity index (χ4v) is 3.71. The van der Waals surface area contributed by atoms with Crippen molar-refractivity contribution in [3.63, 3.8) is 0 Å². The second-order valence-electron chi connectivity index (χ2n) is 6.76. The Balaban J connectivity index is 1.76. The molecule has 0 aliphatic heterocycles. The van der Waals surface area contributed by atoms with Crippen LogP contribution in [0.4, 0.5) is 8.78 Å². The topological polar surface area (TPSA) is 46.9 Å². The molecule has 0 atom stereocenters. The number of aryl methyl sites for hydroxylation is 2. The van der Waals surface area contributed by atoms with Crippen molar-refractivity contribution in [1.29, 1.82) is 0 Å². The van der Waals surface area contributed by atoms with Gasteiger partial charge < -0.3 is 5.32 Å². The maximum atomic E-state index is 14.4. The Labute approximate surface area is 146 Å². The minimum atomic E-state index is -0.737. The van der Waals surface area contributed by atoms with Crippen molar-refractivity contribution >= 4 is 5.91 Å². The van der Waals surface area contributed by atoms with Crippen molar-refractivity contribution in [2.45, 2.75) is 50.5 Å². The van der Waals surface area contributed by atoms with Gasteiger partial charge in [0.05, 0.1) is 5.54 Å². The molecule has 0 spiro atoms. The second kappa shape index (κ2) is 7.33. The molecule has 1 amide bonds. The summed E-state index contributed by atoms with van der Waals surface area (Å²) in [6, 6.07) is 5.50. The Morgan fingerprint density at radius 3 is 2.64 bits per heavy atom. The fourth-order valence-electron chi connectivity index (χ4n) is 3.71. The van der Waals surface area contributed by atoms with Gasteiger partial charge >= 0.3 is 0 Å². The first-order chi connectivity index (χ1) is 12.0. The predicted octanol–water partition coefficient (Wildman–Crippen LogP) is 3.61. The number of amides is 1. The van der Waals surface area contributed by atoms with Crippen molar-refractivity contribution in [1.82, 2.24) is 15.1 Å². The number of carbonyl (C=O) groups is 1. The first kappa shape index (κ1) is 17.6. The lowest BCUT2D eigenvalue weighted by Crippen LogP contribution is -2.47. The zero-order chi connectivity index (χ0) is 17.9. The molecule has 1 aliphatic carbocycles. The highest BCUT2D eigenvalue weighted by molar-refractivity contribution is 5.77. The van der Waals surface area contributed by atoms with Gasteiger partial charge in [0.25, 0.3) is 0 Å². The van der Waals surface area contributed by atoms with Crippen LogP contribution in [0.5, 0.6) is 0 Å². The van der Waals surface area contributed by atoms with Crippen LogP contribution < -0.4 is 5.32 Å². The minimum Gasteiger partial charge on any atom is -0.346 e. The van der Waals surface area contributed by atoms with Gasteiger partial charge in [-0.3, -0.25) is 9.48 Å². The highest BCUT2D eigenvalue weighted by Crippen LogP contribution is 2.38. The summed E-state index contributed by atoms with van der Waals surface area (Å²) in [5, 5.41) is 7.15. The van der Waals surface area contributed by atoms with Crippen molar-refractivity contribution in [2.24, 2.45) is 7.05 Å². The van der Waals surface area contributed by atoms with Crippen LogP contribution in [0, 0.1) is 11.6 Å². The van der Waals surface area contributed by atoms with Crippen LogP contribution in [0.15, 0.2) is 30.5 Å². The van der Waals surface area contributed by atoms with Gasteiger partial charge in [-0.2, -0.15) is 5.10 Å². The third-order valence-corrected chi connectivity index (χ3v) is 5.06. The van der Waals surface area contributed by atoms with Crippen molar-refractivity contribution < 1.29 is 13.6 Å². The molecule has 1 aromatic heterocycles.